The first-order valence-electron chi connectivity index (χ1n) is 9.43. The first-order chi connectivity index (χ1) is 15.7. The summed E-state index contributed by atoms with van der Waals surface area (Å²) in [5, 5.41) is 14.9. The first kappa shape index (κ1) is 28.0. The number of alkyl halides is 8. The quantitative estimate of drug-likeness (QED) is 0.335. The van der Waals surface area contributed by atoms with E-state index in [1.165, 1.54) is 0 Å². The summed E-state index contributed by atoms with van der Waals surface area (Å²) in [7, 11) is 0. The zero-order valence-electron chi connectivity index (χ0n) is 17.5. The number of hydrogen-bond donors (Lipinski definition) is 4. The Bertz CT molecular complexity index is 995. The number of fused-ring (bicyclic) bond motifs is 1. The summed E-state index contributed by atoms with van der Waals surface area (Å²) >= 11 is 0. The molecule has 3 amide bonds. The molecule has 8 nitrogen and oxygen atoms in total. The molecule has 1 aromatic rings. The number of halogens is 9. The van der Waals surface area contributed by atoms with Gasteiger partial charge in [0.15, 0.2) is 0 Å². The predicted octanol–water partition coefficient (Wildman–Crippen LogP) is 1.70. The van der Waals surface area contributed by atoms with Crippen molar-refractivity contribution < 1.29 is 59.0 Å². The Balaban J connectivity index is 2.22. The van der Waals surface area contributed by atoms with Crippen molar-refractivity contribution in [2.45, 2.75) is 36.8 Å². The number of amides is 3. The smallest absolute Gasteiger partial charge is 0.372 e. The Morgan fingerprint density at radius 2 is 1.71 bits per heavy atom. The van der Waals surface area contributed by atoms with Gasteiger partial charge in [-0.25, -0.2) is 4.39 Å². The van der Waals surface area contributed by atoms with Gasteiger partial charge in [-0.2, -0.15) is 35.1 Å². The Morgan fingerprint density at radius 1 is 1.11 bits per heavy atom. The Morgan fingerprint density at radius 3 is 2.26 bits per heavy atom. The molecule has 0 radical (unpaired) electrons. The van der Waals surface area contributed by atoms with Crippen LogP contribution in [0.5, 0.6) is 0 Å². The van der Waals surface area contributed by atoms with Gasteiger partial charge in [-0.3, -0.25) is 14.4 Å². The number of rotatable bonds is 6. The SMILES string of the molecule is C[C@@](O)(C(=O)NCC(F)(F)C(F)(F)F)C(=O)N[C@H]1CN(CC(F)(F)F)c2ccc(F)cc2NC1=O. The van der Waals surface area contributed by atoms with Crippen LogP contribution in [-0.4, -0.2) is 72.4 Å². The maximum Gasteiger partial charge on any atom is 0.455 e. The van der Waals surface area contributed by atoms with E-state index >= 15 is 0 Å². The largest absolute Gasteiger partial charge is 0.455 e. The lowest BCUT2D eigenvalue weighted by molar-refractivity contribution is -0.278. The third kappa shape index (κ3) is 6.67. The predicted molar refractivity (Wildman–Crippen MR) is 99.9 cm³/mol. The van der Waals surface area contributed by atoms with Crippen LogP contribution in [0, 0.1) is 5.82 Å². The molecule has 1 heterocycles. The van der Waals surface area contributed by atoms with Crippen molar-refractivity contribution in [2.75, 3.05) is 29.9 Å². The summed E-state index contributed by atoms with van der Waals surface area (Å²) in [4.78, 5) is 37.2. The van der Waals surface area contributed by atoms with Crippen molar-refractivity contribution in [1.82, 2.24) is 10.6 Å². The number of nitrogens with zero attached hydrogens (tertiary/aromatic N) is 1. The van der Waals surface area contributed by atoms with Gasteiger partial charge in [0.1, 0.15) is 18.4 Å². The van der Waals surface area contributed by atoms with Crippen LogP contribution in [0.25, 0.3) is 0 Å². The molecule has 2 atom stereocenters. The van der Waals surface area contributed by atoms with E-state index in [0.717, 1.165) is 17.4 Å². The van der Waals surface area contributed by atoms with Gasteiger partial charge in [0.05, 0.1) is 17.9 Å². The van der Waals surface area contributed by atoms with Crippen LogP contribution in [-0.2, 0) is 14.4 Å². The summed E-state index contributed by atoms with van der Waals surface area (Å²) in [5.74, 6) is -11.3. The number of hydrogen-bond acceptors (Lipinski definition) is 5. The number of carbonyl (C=O) groups is 3. The molecule has 0 bridgehead atoms. The molecule has 0 saturated heterocycles. The minimum atomic E-state index is -6.05. The molecule has 0 aliphatic carbocycles. The topological polar surface area (TPSA) is 111 Å². The van der Waals surface area contributed by atoms with Gasteiger partial charge in [-0.15, -0.1) is 0 Å². The lowest BCUT2D eigenvalue weighted by Crippen LogP contribution is -2.61. The van der Waals surface area contributed by atoms with Crippen molar-refractivity contribution in [2.24, 2.45) is 0 Å². The molecule has 35 heavy (non-hydrogen) atoms. The molecule has 4 N–H and O–H groups in total. The normalized spacial score (nSPS) is 18.7. The van der Waals surface area contributed by atoms with E-state index in [1.54, 1.807) is 5.32 Å². The minimum absolute atomic E-state index is 0.285. The Kier molecular flexibility index (Phi) is 7.54. The van der Waals surface area contributed by atoms with E-state index in [9.17, 15) is 59.0 Å². The summed E-state index contributed by atoms with van der Waals surface area (Å²) in [6, 6.07) is 0.520. The van der Waals surface area contributed by atoms with Crippen LogP contribution in [0.3, 0.4) is 0 Å². The summed E-state index contributed by atoms with van der Waals surface area (Å²) in [5.41, 5.74) is -4.00. The van der Waals surface area contributed by atoms with E-state index in [4.69, 9.17) is 0 Å². The van der Waals surface area contributed by atoms with E-state index in [1.807, 2.05) is 0 Å². The molecular formula is C18H17F9N4O4. The molecule has 0 unspecified atom stereocenters. The van der Waals surface area contributed by atoms with Crippen LogP contribution in [0.1, 0.15) is 6.92 Å². The van der Waals surface area contributed by atoms with Gasteiger partial charge in [0.2, 0.25) is 11.5 Å². The molecule has 196 valence electrons. The van der Waals surface area contributed by atoms with Crippen LogP contribution < -0.4 is 20.9 Å². The highest BCUT2D eigenvalue weighted by Gasteiger charge is 2.58. The number of aliphatic hydroxyl groups is 1. The summed E-state index contributed by atoms with van der Waals surface area (Å²) in [6.07, 6.45) is -10.9. The highest BCUT2D eigenvalue weighted by atomic mass is 19.4. The molecule has 0 fully saturated rings. The maximum atomic E-state index is 13.5. The average molecular weight is 524 g/mol. The molecule has 17 heteroatoms. The zero-order valence-corrected chi connectivity index (χ0v) is 17.5. The van der Waals surface area contributed by atoms with Crippen LogP contribution in [0.4, 0.5) is 50.9 Å². The monoisotopic (exact) mass is 524 g/mol. The number of carbonyl (C=O) groups excluding carboxylic acids is 3. The first-order valence-corrected chi connectivity index (χ1v) is 9.43. The standard InChI is InChI=1S/C18H17F9N4O4/c1-15(35,13(33)28-6-16(20,21)18(25,26)27)14(34)30-10-5-31(7-17(22,23)24)11-3-2-8(19)4-9(11)29-12(10)32/h2-4,10,35H,5-7H2,1H3,(H,28,33)(H,29,32)(H,30,34)/t10-,15+/m0/s1. The fraction of sp³-hybridized carbons (Fsp3) is 0.500. The fourth-order valence-electron chi connectivity index (χ4n) is 2.85. The Labute approximate surface area is 190 Å². The van der Waals surface area contributed by atoms with Gasteiger partial charge in [-0.1, -0.05) is 0 Å². The third-order valence-corrected chi connectivity index (χ3v) is 4.72. The second kappa shape index (κ2) is 9.43. The van der Waals surface area contributed by atoms with E-state index in [-0.39, 0.29) is 5.69 Å². The molecular weight excluding hydrogens is 507 g/mol. The molecule has 0 aromatic heterocycles. The summed E-state index contributed by atoms with van der Waals surface area (Å²) in [6.45, 7) is -4.51. The number of benzene rings is 1. The minimum Gasteiger partial charge on any atom is -0.372 e. The lowest BCUT2D eigenvalue weighted by atomic mass is 10.0. The number of nitrogens with one attached hydrogen (secondary N) is 3. The lowest BCUT2D eigenvalue weighted by Gasteiger charge is -2.29. The highest BCUT2D eigenvalue weighted by Crippen LogP contribution is 2.35. The van der Waals surface area contributed by atoms with Gasteiger partial charge >= 0.3 is 18.3 Å². The fourth-order valence-corrected chi connectivity index (χ4v) is 2.85. The molecule has 0 spiro atoms. The second-order valence-corrected chi connectivity index (χ2v) is 7.63. The van der Waals surface area contributed by atoms with Gasteiger partial charge in [0.25, 0.3) is 11.8 Å². The van der Waals surface area contributed by atoms with Crippen molar-refractivity contribution >= 4 is 29.1 Å². The van der Waals surface area contributed by atoms with Gasteiger partial charge < -0.3 is 26.0 Å². The van der Waals surface area contributed by atoms with Gasteiger partial charge in [-0.05, 0) is 25.1 Å². The molecule has 2 rings (SSSR count). The average Bonchev–Trinajstić information content (AvgIpc) is 2.80. The molecule has 1 aliphatic heterocycles. The Hall–Kier alpha value is -3.24. The number of anilines is 2. The highest BCUT2D eigenvalue weighted by molar-refractivity contribution is 6.10. The van der Waals surface area contributed by atoms with Crippen LogP contribution >= 0.6 is 0 Å². The van der Waals surface area contributed by atoms with E-state index in [0.29, 0.717) is 17.9 Å². The molecule has 1 aromatic carbocycles. The van der Waals surface area contributed by atoms with Gasteiger partial charge in [0, 0.05) is 6.54 Å². The van der Waals surface area contributed by atoms with Crippen LogP contribution in [0.2, 0.25) is 0 Å². The molecule has 0 saturated carbocycles. The summed E-state index contributed by atoms with van der Waals surface area (Å²) < 4.78 is 115. The van der Waals surface area contributed by atoms with Crippen molar-refractivity contribution in [3.8, 4) is 0 Å². The van der Waals surface area contributed by atoms with Crippen molar-refractivity contribution in [3.05, 3.63) is 24.0 Å². The van der Waals surface area contributed by atoms with E-state index < -0.39 is 78.8 Å². The van der Waals surface area contributed by atoms with Crippen molar-refractivity contribution in [1.29, 1.82) is 0 Å². The zero-order chi connectivity index (χ0) is 27.0. The van der Waals surface area contributed by atoms with E-state index in [2.05, 4.69) is 5.32 Å². The maximum absolute atomic E-state index is 13.5. The third-order valence-electron chi connectivity index (χ3n) is 4.72. The molecule has 1 aliphatic rings. The van der Waals surface area contributed by atoms with Crippen molar-refractivity contribution in [3.63, 3.8) is 0 Å². The second-order valence-electron chi connectivity index (χ2n) is 7.63. The van der Waals surface area contributed by atoms with Crippen LogP contribution in [0.15, 0.2) is 18.2 Å².